The molecule has 1 aliphatic rings. The largest absolute Gasteiger partial charge is 0.345 e. The van der Waals surface area contributed by atoms with Crippen molar-refractivity contribution in [1.82, 2.24) is 25.3 Å². The van der Waals surface area contributed by atoms with E-state index in [1.165, 1.54) is 0 Å². The van der Waals surface area contributed by atoms with Gasteiger partial charge in [0.2, 0.25) is 5.95 Å². The first-order valence-corrected chi connectivity index (χ1v) is 13.0. The van der Waals surface area contributed by atoms with Gasteiger partial charge in [0.15, 0.2) is 9.84 Å². The van der Waals surface area contributed by atoms with Crippen LogP contribution in [0.25, 0.3) is 23.5 Å². The summed E-state index contributed by atoms with van der Waals surface area (Å²) in [5, 5.41) is 6.01. The van der Waals surface area contributed by atoms with Crippen molar-refractivity contribution in [2.75, 3.05) is 18.4 Å². The number of hydrogen-bond acceptors (Lipinski definition) is 7. The highest BCUT2D eigenvalue weighted by molar-refractivity contribution is 7.92. The van der Waals surface area contributed by atoms with Crippen molar-refractivity contribution in [3.63, 3.8) is 0 Å². The van der Waals surface area contributed by atoms with Crippen LogP contribution in [0.2, 0.25) is 0 Å². The Bertz CT molecular complexity index is 1380. The summed E-state index contributed by atoms with van der Waals surface area (Å²) in [6, 6.07) is 14.9. The second kappa shape index (κ2) is 11.5. The molecule has 0 radical (unpaired) electrons. The Morgan fingerprint density at radius 2 is 1.53 bits per heavy atom. The van der Waals surface area contributed by atoms with E-state index in [0.29, 0.717) is 23.7 Å². The second-order valence-corrected chi connectivity index (χ2v) is 10.6. The van der Waals surface area contributed by atoms with Crippen molar-refractivity contribution < 1.29 is 8.42 Å². The van der Waals surface area contributed by atoms with E-state index in [2.05, 4.69) is 30.6 Å². The average Bonchev–Trinajstić information content (AvgIpc) is 3.45. The Morgan fingerprint density at radius 3 is 2.17 bits per heavy atom. The number of piperidine rings is 1. The van der Waals surface area contributed by atoms with Crippen molar-refractivity contribution in [1.29, 1.82) is 0 Å². The minimum absolute atomic E-state index is 0. The van der Waals surface area contributed by atoms with Gasteiger partial charge in [-0.2, -0.15) is 0 Å². The molecule has 8 nitrogen and oxygen atoms in total. The highest BCUT2D eigenvalue weighted by Crippen LogP contribution is 2.24. The first-order valence-electron chi connectivity index (χ1n) is 11.5. The molecule has 5 rings (SSSR count). The number of halogens is 1. The molecular weight excluding hydrogens is 496 g/mol. The van der Waals surface area contributed by atoms with E-state index in [1.54, 1.807) is 49.1 Å². The lowest BCUT2D eigenvalue weighted by molar-refractivity contribution is 0.496. The fraction of sp³-hybridized carbons (Fsp3) is 0.192. The van der Waals surface area contributed by atoms with Gasteiger partial charge in [-0.25, -0.2) is 23.4 Å². The smallest absolute Gasteiger partial charge is 0.227 e. The summed E-state index contributed by atoms with van der Waals surface area (Å²) in [6.45, 7) is 1.48. The number of imidazole rings is 1. The van der Waals surface area contributed by atoms with Gasteiger partial charge in [-0.1, -0.05) is 36.4 Å². The third-order valence-corrected chi connectivity index (χ3v) is 8.26. The number of aromatic nitrogens is 4. The van der Waals surface area contributed by atoms with E-state index in [1.807, 2.05) is 36.4 Å². The second-order valence-electron chi connectivity index (χ2n) is 8.38. The minimum Gasteiger partial charge on any atom is -0.345 e. The Balaban J connectivity index is 0.00000304. The maximum atomic E-state index is 12.8. The van der Waals surface area contributed by atoms with Crippen LogP contribution < -0.4 is 10.6 Å². The molecule has 1 aliphatic heterocycles. The van der Waals surface area contributed by atoms with Crippen LogP contribution in [0.3, 0.4) is 0 Å². The zero-order valence-corrected chi connectivity index (χ0v) is 21.1. The fourth-order valence-corrected chi connectivity index (χ4v) is 5.77. The van der Waals surface area contributed by atoms with Crippen molar-refractivity contribution in [2.24, 2.45) is 0 Å². The lowest BCUT2D eigenvalue weighted by Crippen LogP contribution is -2.35. The number of nitrogens with one attached hydrogen (secondary N) is 3. The van der Waals surface area contributed by atoms with Crippen LogP contribution in [0.4, 0.5) is 11.6 Å². The molecule has 2 aromatic heterocycles. The van der Waals surface area contributed by atoms with Crippen LogP contribution in [0.5, 0.6) is 0 Å². The number of anilines is 2. The number of benzene rings is 2. The first-order chi connectivity index (χ1) is 17.1. The number of nitrogens with zero attached hydrogens (tertiary/aromatic N) is 3. The van der Waals surface area contributed by atoms with Gasteiger partial charge in [0.1, 0.15) is 5.82 Å². The van der Waals surface area contributed by atoms with Gasteiger partial charge in [0.05, 0.1) is 10.1 Å². The predicted octanol–water partition coefficient (Wildman–Crippen LogP) is 4.73. The van der Waals surface area contributed by atoms with Gasteiger partial charge in [0.25, 0.3) is 0 Å². The van der Waals surface area contributed by atoms with E-state index in [-0.39, 0.29) is 17.7 Å². The SMILES string of the molecule is Cl.O=S(=O)(c1ccc(Nc2ncc(/C=C/c3ccc(-c4ncc[nH]4)cc3)cn2)cc1)C1CCNCC1. The van der Waals surface area contributed by atoms with Gasteiger partial charge in [0, 0.05) is 41.6 Å². The summed E-state index contributed by atoms with van der Waals surface area (Å²) in [6.07, 6.45) is 12.2. The molecule has 10 heteroatoms. The van der Waals surface area contributed by atoms with E-state index in [9.17, 15) is 8.42 Å². The monoisotopic (exact) mass is 522 g/mol. The molecule has 0 spiro atoms. The molecule has 0 saturated carbocycles. The van der Waals surface area contributed by atoms with Crippen LogP contribution in [0, 0.1) is 0 Å². The topological polar surface area (TPSA) is 113 Å². The van der Waals surface area contributed by atoms with Gasteiger partial charge in [-0.15, -0.1) is 12.4 Å². The minimum atomic E-state index is -3.31. The lowest BCUT2D eigenvalue weighted by Gasteiger charge is -2.22. The summed E-state index contributed by atoms with van der Waals surface area (Å²) >= 11 is 0. The predicted molar refractivity (Wildman–Crippen MR) is 145 cm³/mol. The normalized spacial score (nSPS) is 14.4. The molecule has 0 amide bonds. The molecule has 2 aromatic carbocycles. The average molecular weight is 523 g/mol. The van der Waals surface area contributed by atoms with Crippen molar-refractivity contribution in [3.05, 3.63) is 84.4 Å². The number of sulfone groups is 1. The van der Waals surface area contributed by atoms with Crippen LogP contribution in [0.1, 0.15) is 24.0 Å². The van der Waals surface area contributed by atoms with E-state index in [0.717, 1.165) is 41.3 Å². The fourth-order valence-electron chi connectivity index (χ4n) is 4.01. The summed E-state index contributed by atoms with van der Waals surface area (Å²) < 4.78 is 25.7. The zero-order valence-electron chi connectivity index (χ0n) is 19.5. The zero-order chi connectivity index (χ0) is 24.1. The van der Waals surface area contributed by atoms with Gasteiger partial charge >= 0.3 is 0 Å². The molecule has 0 unspecified atom stereocenters. The molecule has 3 N–H and O–H groups in total. The number of H-pyrrole nitrogens is 1. The van der Waals surface area contributed by atoms with Crippen molar-refractivity contribution in [2.45, 2.75) is 23.0 Å². The molecule has 1 saturated heterocycles. The Morgan fingerprint density at radius 1 is 0.861 bits per heavy atom. The van der Waals surface area contributed by atoms with Crippen LogP contribution in [-0.2, 0) is 9.84 Å². The van der Waals surface area contributed by atoms with Gasteiger partial charge in [-0.05, 0) is 55.8 Å². The number of rotatable bonds is 7. The van der Waals surface area contributed by atoms with E-state index < -0.39 is 9.84 Å². The Labute approximate surface area is 216 Å². The summed E-state index contributed by atoms with van der Waals surface area (Å²) in [7, 11) is -3.31. The summed E-state index contributed by atoms with van der Waals surface area (Å²) in [5.74, 6) is 1.29. The third-order valence-electron chi connectivity index (χ3n) is 5.99. The number of hydrogen-bond donors (Lipinski definition) is 3. The van der Waals surface area contributed by atoms with E-state index in [4.69, 9.17) is 0 Å². The van der Waals surface area contributed by atoms with Crippen LogP contribution in [-0.4, -0.2) is 46.7 Å². The lowest BCUT2D eigenvalue weighted by atomic mass is 10.1. The molecule has 36 heavy (non-hydrogen) atoms. The van der Waals surface area contributed by atoms with E-state index >= 15 is 0 Å². The summed E-state index contributed by atoms with van der Waals surface area (Å²) in [5.41, 5.74) is 3.69. The van der Waals surface area contributed by atoms with Gasteiger partial charge < -0.3 is 15.6 Å². The van der Waals surface area contributed by atoms with Crippen LogP contribution in [0.15, 0.2) is 78.2 Å². The molecular formula is C26H27ClN6O2S. The standard InChI is InChI=1S/C26H26N6O2S.ClH/c33-35(34,24-11-13-27-14-12-24)23-9-7-22(8-10-23)32-26-30-17-20(18-31-26)2-1-19-3-5-21(6-4-19)25-28-15-16-29-25;/h1-10,15-18,24,27H,11-14H2,(H,28,29)(H,30,31,32);1H/b2-1+;. The maximum Gasteiger partial charge on any atom is 0.227 e. The Kier molecular flexibility index (Phi) is 8.14. The quantitative estimate of drug-likeness (QED) is 0.321. The molecule has 4 aromatic rings. The third kappa shape index (κ3) is 5.99. The molecule has 186 valence electrons. The Hall–Kier alpha value is -3.53. The van der Waals surface area contributed by atoms with Crippen molar-refractivity contribution >= 4 is 46.0 Å². The van der Waals surface area contributed by atoms with Gasteiger partial charge in [-0.3, -0.25) is 0 Å². The highest BCUT2D eigenvalue weighted by Gasteiger charge is 2.28. The number of aromatic amines is 1. The summed E-state index contributed by atoms with van der Waals surface area (Å²) in [4.78, 5) is 16.4. The molecule has 3 heterocycles. The maximum absolute atomic E-state index is 12.8. The molecule has 0 atom stereocenters. The first kappa shape index (κ1) is 25.6. The highest BCUT2D eigenvalue weighted by atomic mass is 35.5. The molecule has 1 fully saturated rings. The molecule has 0 aliphatic carbocycles. The van der Waals surface area contributed by atoms with Crippen LogP contribution >= 0.6 is 12.4 Å². The van der Waals surface area contributed by atoms with Crippen molar-refractivity contribution in [3.8, 4) is 11.4 Å². The molecule has 0 bridgehead atoms.